The minimum Gasteiger partial charge on any atom is -0.444 e. The van der Waals surface area contributed by atoms with Crippen LogP contribution in [0.3, 0.4) is 0 Å². The number of carbonyl (C=O) groups excluding carboxylic acids is 3. The number of hydrogen-bond donors (Lipinski definition) is 3. The van der Waals surface area contributed by atoms with Crippen LogP contribution in [-0.4, -0.2) is 51.7 Å². The van der Waals surface area contributed by atoms with Gasteiger partial charge < -0.3 is 25.4 Å². The molecule has 1 aromatic rings. The Morgan fingerprint density at radius 3 is 2.46 bits per heavy atom. The topological polar surface area (TPSA) is 108 Å². The molecule has 3 N–H and O–H groups in total. The molecule has 1 unspecified atom stereocenters. The van der Waals surface area contributed by atoms with E-state index < -0.39 is 29.2 Å². The zero-order valence-electron chi connectivity index (χ0n) is 21.3. The lowest BCUT2D eigenvalue weighted by atomic mass is 10.0. The molecule has 1 aliphatic rings. The molecular formula is C26H36ClN3O5. The maximum atomic E-state index is 13.0. The van der Waals surface area contributed by atoms with Crippen LogP contribution in [0.4, 0.5) is 4.79 Å². The Hall–Kier alpha value is -2.76. The molecule has 8 nitrogen and oxygen atoms in total. The number of alkyl carbamates (subject to hydrolysis) is 1. The Kier molecular flexibility index (Phi) is 9.59. The van der Waals surface area contributed by atoms with E-state index in [1.54, 1.807) is 39.0 Å². The van der Waals surface area contributed by atoms with Crippen LogP contribution >= 0.6 is 11.6 Å². The van der Waals surface area contributed by atoms with Crippen molar-refractivity contribution in [2.24, 2.45) is 5.92 Å². The van der Waals surface area contributed by atoms with E-state index in [4.69, 9.17) is 16.3 Å². The molecule has 0 aromatic heterocycles. The zero-order valence-corrected chi connectivity index (χ0v) is 22.1. The van der Waals surface area contributed by atoms with Gasteiger partial charge in [0.2, 0.25) is 11.5 Å². The molecule has 192 valence electrons. The summed E-state index contributed by atoms with van der Waals surface area (Å²) in [5, 5.41) is 16.7. The molecule has 2 atom stereocenters. The Bertz CT molecular complexity index is 1000. The lowest BCUT2D eigenvalue weighted by molar-refractivity contribution is -0.148. The average Bonchev–Trinajstić information content (AvgIpc) is 3.23. The summed E-state index contributed by atoms with van der Waals surface area (Å²) < 4.78 is 5.27. The summed E-state index contributed by atoms with van der Waals surface area (Å²) in [6.07, 6.45) is 0.600. The number of ether oxygens (including phenoxy) is 1. The van der Waals surface area contributed by atoms with Crippen LogP contribution in [0.5, 0.6) is 0 Å². The summed E-state index contributed by atoms with van der Waals surface area (Å²) in [6, 6.07) is 4.50. The van der Waals surface area contributed by atoms with Crippen LogP contribution in [0, 0.1) is 17.8 Å². The fraction of sp³-hybridized carbons (Fsp3) is 0.577. The number of nitrogens with one attached hydrogen (secondary N) is 2. The van der Waals surface area contributed by atoms with Gasteiger partial charge in [0.15, 0.2) is 0 Å². The molecule has 1 aromatic carbocycles. The highest BCUT2D eigenvalue weighted by Crippen LogP contribution is 2.22. The maximum absolute atomic E-state index is 13.0. The second-order valence-electron chi connectivity index (χ2n) is 10.1. The van der Waals surface area contributed by atoms with Crippen LogP contribution in [0.25, 0.3) is 0 Å². The number of aliphatic hydroxyl groups is 1. The molecule has 0 spiro atoms. The summed E-state index contributed by atoms with van der Waals surface area (Å²) in [7, 11) is 0. The van der Waals surface area contributed by atoms with E-state index in [0.29, 0.717) is 24.4 Å². The van der Waals surface area contributed by atoms with Crippen molar-refractivity contribution in [2.45, 2.75) is 84.7 Å². The van der Waals surface area contributed by atoms with Gasteiger partial charge in [-0.3, -0.25) is 9.59 Å². The van der Waals surface area contributed by atoms with Crippen molar-refractivity contribution in [3.05, 3.63) is 34.3 Å². The highest BCUT2D eigenvalue weighted by Gasteiger charge is 2.41. The molecular weight excluding hydrogens is 470 g/mol. The monoisotopic (exact) mass is 505 g/mol. The average molecular weight is 506 g/mol. The number of nitrogens with zero attached hydrogens (tertiary/aromatic N) is 1. The van der Waals surface area contributed by atoms with Crippen molar-refractivity contribution in [2.75, 3.05) is 6.54 Å². The molecule has 9 heteroatoms. The van der Waals surface area contributed by atoms with Gasteiger partial charge in [0.25, 0.3) is 5.91 Å². The minimum absolute atomic E-state index is 0.00338. The summed E-state index contributed by atoms with van der Waals surface area (Å²) in [6.45, 7) is 11.2. The molecule has 1 heterocycles. The summed E-state index contributed by atoms with van der Waals surface area (Å²) >= 11 is 6.16. The second-order valence-corrected chi connectivity index (χ2v) is 10.6. The van der Waals surface area contributed by atoms with Gasteiger partial charge in [-0.15, -0.1) is 0 Å². The summed E-state index contributed by atoms with van der Waals surface area (Å²) in [5.74, 6) is 4.55. The van der Waals surface area contributed by atoms with Gasteiger partial charge in [-0.2, -0.15) is 0 Å². The standard InChI is InChI=1S/C26H36ClN3O5/c1-17(2)11-12-26(6,34)23(32)30-13-7-8-21(30)22(31)28-16-19-14-20(27)10-9-18(19)15-29-24(33)35-25(3,4)5/h9-10,14,17,21,34H,7-8,13,15-16H2,1-6H3,(H,28,31)(H,29,33)/t21-,26?/m0/s1. The first-order chi connectivity index (χ1) is 16.2. The fourth-order valence-electron chi connectivity index (χ4n) is 3.61. The number of benzene rings is 1. The molecule has 1 aliphatic heterocycles. The molecule has 0 bridgehead atoms. The molecule has 1 fully saturated rings. The van der Waals surface area contributed by atoms with Crippen LogP contribution < -0.4 is 10.6 Å². The lowest BCUT2D eigenvalue weighted by Gasteiger charge is -2.29. The molecule has 0 saturated carbocycles. The van der Waals surface area contributed by atoms with Crippen LogP contribution in [-0.2, 0) is 27.4 Å². The Labute approximate surface area is 212 Å². The molecule has 3 amide bonds. The highest BCUT2D eigenvalue weighted by atomic mass is 35.5. The quantitative estimate of drug-likeness (QED) is 0.514. The predicted molar refractivity (Wildman–Crippen MR) is 134 cm³/mol. The van der Waals surface area contributed by atoms with Crippen molar-refractivity contribution in [3.8, 4) is 11.8 Å². The highest BCUT2D eigenvalue weighted by molar-refractivity contribution is 6.30. The molecule has 0 radical (unpaired) electrons. The van der Waals surface area contributed by atoms with Gasteiger partial charge >= 0.3 is 6.09 Å². The molecule has 0 aliphatic carbocycles. The first kappa shape index (κ1) is 28.5. The van der Waals surface area contributed by atoms with E-state index >= 15 is 0 Å². The van der Waals surface area contributed by atoms with Gasteiger partial charge in [-0.25, -0.2) is 4.79 Å². The van der Waals surface area contributed by atoms with E-state index in [1.165, 1.54) is 11.8 Å². The first-order valence-electron chi connectivity index (χ1n) is 11.8. The van der Waals surface area contributed by atoms with Crippen molar-refractivity contribution in [1.82, 2.24) is 15.5 Å². The van der Waals surface area contributed by atoms with Gasteiger partial charge in [0, 0.05) is 30.6 Å². The summed E-state index contributed by atoms with van der Waals surface area (Å²) in [4.78, 5) is 39.4. The maximum Gasteiger partial charge on any atom is 0.407 e. The predicted octanol–water partition coefficient (Wildman–Crippen LogP) is 3.38. The van der Waals surface area contributed by atoms with Gasteiger partial charge in [-0.05, 0) is 63.8 Å². The van der Waals surface area contributed by atoms with E-state index in [9.17, 15) is 19.5 Å². The number of hydrogen-bond acceptors (Lipinski definition) is 5. The third-order valence-corrected chi connectivity index (χ3v) is 5.52. The van der Waals surface area contributed by atoms with E-state index in [0.717, 1.165) is 11.1 Å². The fourth-order valence-corrected chi connectivity index (χ4v) is 3.81. The van der Waals surface area contributed by atoms with Gasteiger partial charge in [0.1, 0.15) is 11.6 Å². The number of likely N-dealkylation sites (tertiary alicyclic amines) is 1. The molecule has 35 heavy (non-hydrogen) atoms. The van der Waals surface area contributed by atoms with E-state index in [2.05, 4.69) is 22.5 Å². The van der Waals surface area contributed by atoms with Crippen LogP contribution in [0.2, 0.25) is 5.02 Å². The first-order valence-corrected chi connectivity index (χ1v) is 12.2. The normalized spacial score (nSPS) is 17.3. The lowest BCUT2D eigenvalue weighted by Crippen LogP contribution is -2.52. The third-order valence-electron chi connectivity index (χ3n) is 5.28. The minimum atomic E-state index is -1.86. The Morgan fingerprint density at radius 1 is 1.17 bits per heavy atom. The number of amides is 3. The number of carbonyl (C=O) groups is 3. The SMILES string of the molecule is CC(C)C#CC(C)(O)C(=O)N1CCC[C@H]1C(=O)NCc1cc(Cl)ccc1CNC(=O)OC(C)(C)C. The van der Waals surface area contributed by atoms with Crippen molar-refractivity contribution >= 4 is 29.5 Å². The smallest absolute Gasteiger partial charge is 0.407 e. The van der Waals surface area contributed by atoms with Crippen LogP contribution in [0.1, 0.15) is 65.5 Å². The van der Waals surface area contributed by atoms with E-state index in [-0.39, 0.29) is 24.9 Å². The van der Waals surface area contributed by atoms with Gasteiger partial charge in [-0.1, -0.05) is 43.4 Å². The van der Waals surface area contributed by atoms with E-state index in [1.807, 2.05) is 13.8 Å². The third kappa shape index (κ3) is 8.75. The van der Waals surface area contributed by atoms with Gasteiger partial charge in [0.05, 0.1) is 0 Å². The number of rotatable bonds is 6. The Balaban J connectivity index is 2.06. The molecule has 1 saturated heterocycles. The Morgan fingerprint density at radius 2 is 1.83 bits per heavy atom. The molecule has 2 rings (SSSR count). The number of halogens is 1. The van der Waals surface area contributed by atoms with Crippen LogP contribution in [0.15, 0.2) is 18.2 Å². The van der Waals surface area contributed by atoms with Crippen molar-refractivity contribution < 1.29 is 24.2 Å². The summed E-state index contributed by atoms with van der Waals surface area (Å²) in [5.41, 5.74) is -0.976. The largest absolute Gasteiger partial charge is 0.444 e. The zero-order chi connectivity index (χ0) is 26.4. The second kappa shape index (κ2) is 11.8. The van der Waals surface area contributed by atoms with Crippen molar-refractivity contribution in [1.29, 1.82) is 0 Å². The van der Waals surface area contributed by atoms with Crippen molar-refractivity contribution in [3.63, 3.8) is 0 Å².